The average Bonchev–Trinajstić information content (AvgIpc) is 2.46. The second-order valence-electron chi connectivity index (χ2n) is 4.54. The Morgan fingerprint density at radius 3 is 2.48 bits per heavy atom. The van der Waals surface area contributed by atoms with E-state index in [-0.39, 0.29) is 0 Å². The van der Waals surface area contributed by atoms with E-state index in [2.05, 4.69) is 21.2 Å². The molecule has 0 saturated carbocycles. The molecule has 2 rings (SSSR count). The monoisotopic (exact) mass is 387 g/mol. The molecule has 0 heterocycles. The van der Waals surface area contributed by atoms with Crippen LogP contribution in [0.5, 0.6) is 5.75 Å². The number of benzene rings is 2. The summed E-state index contributed by atoms with van der Waals surface area (Å²) in [6, 6.07) is 13.4. The fourth-order valence-corrected chi connectivity index (χ4v) is 2.61. The molecule has 0 saturated heterocycles. The van der Waals surface area contributed by atoms with E-state index in [1.807, 2.05) is 36.4 Å². The van der Waals surface area contributed by atoms with Crippen LogP contribution in [0.4, 0.5) is 0 Å². The Balaban J connectivity index is 1.63. The van der Waals surface area contributed by atoms with Gasteiger partial charge in [-0.3, -0.25) is 0 Å². The lowest BCUT2D eigenvalue weighted by atomic mass is 10.1. The summed E-state index contributed by atoms with van der Waals surface area (Å²) in [5.74, 6) is 0.876. The summed E-state index contributed by atoms with van der Waals surface area (Å²) < 4.78 is 6.67. The third-order valence-corrected chi connectivity index (χ3v) is 4.06. The highest BCUT2D eigenvalue weighted by atomic mass is 79.9. The van der Waals surface area contributed by atoms with Crippen molar-refractivity contribution in [1.82, 2.24) is 5.32 Å². The number of ether oxygens (including phenoxy) is 1. The highest BCUT2D eigenvalue weighted by molar-refractivity contribution is 9.10. The molecule has 0 atom stereocenters. The molecule has 0 fully saturated rings. The van der Waals surface area contributed by atoms with E-state index in [4.69, 9.17) is 27.9 Å². The zero-order valence-electron chi connectivity index (χ0n) is 11.4. The van der Waals surface area contributed by atoms with Crippen LogP contribution in [0.25, 0.3) is 0 Å². The highest BCUT2D eigenvalue weighted by Gasteiger charge is 2.01. The van der Waals surface area contributed by atoms with Crippen molar-refractivity contribution in [2.24, 2.45) is 0 Å². The Morgan fingerprint density at radius 1 is 1.00 bits per heavy atom. The molecule has 1 N–H and O–H groups in total. The number of hydrogen-bond donors (Lipinski definition) is 1. The number of hydrogen-bond acceptors (Lipinski definition) is 2. The predicted molar refractivity (Wildman–Crippen MR) is 92.7 cm³/mol. The van der Waals surface area contributed by atoms with Crippen molar-refractivity contribution in [1.29, 1.82) is 0 Å². The van der Waals surface area contributed by atoms with E-state index in [1.54, 1.807) is 6.07 Å². The molecule has 112 valence electrons. The largest absolute Gasteiger partial charge is 0.492 e. The Bertz CT molecular complexity index is 575. The lowest BCUT2D eigenvalue weighted by Crippen LogP contribution is -2.23. The van der Waals surface area contributed by atoms with Crippen LogP contribution < -0.4 is 10.1 Å². The van der Waals surface area contributed by atoms with Crippen molar-refractivity contribution < 1.29 is 4.74 Å². The lowest BCUT2D eigenvalue weighted by Gasteiger charge is -2.08. The maximum absolute atomic E-state index is 6.12. The smallest absolute Gasteiger partial charge is 0.119 e. The first-order valence-electron chi connectivity index (χ1n) is 6.68. The van der Waals surface area contributed by atoms with Gasteiger partial charge < -0.3 is 10.1 Å². The van der Waals surface area contributed by atoms with Crippen molar-refractivity contribution in [2.75, 3.05) is 19.7 Å². The quantitative estimate of drug-likeness (QED) is 0.676. The first-order valence-corrected chi connectivity index (χ1v) is 8.23. The lowest BCUT2D eigenvalue weighted by molar-refractivity contribution is 0.314. The van der Waals surface area contributed by atoms with E-state index in [0.717, 1.165) is 40.3 Å². The van der Waals surface area contributed by atoms with Crippen molar-refractivity contribution >= 4 is 39.1 Å². The molecule has 0 aliphatic rings. The van der Waals surface area contributed by atoms with Gasteiger partial charge in [0.05, 0.1) is 0 Å². The van der Waals surface area contributed by atoms with Crippen molar-refractivity contribution in [3.8, 4) is 5.75 Å². The van der Waals surface area contributed by atoms with Gasteiger partial charge in [-0.25, -0.2) is 0 Å². The minimum absolute atomic E-state index is 0.635. The minimum atomic E-state index is 0.635. The molecular formula is C16H16BrCl2NO. The van der Waals surface area contributed by atoms with Crippen molar-refractivity contribution in [3.63, 3.8) is 0 Å². The molecule has 0 bridgehead atoms. The van der Waals surface area contributed by atoms with E-state index in [0.29, 0.717) is 11.6 Å². The van der Waals surface area contributed by atoms with Crippen LogP contribution in [0.2, 0.25) is 10.0 Å². The predicted octanol–water partition coefficient (Wildman–Crippen LogP) is 4.97. The van der Waals surface area contributed by atoms with Gasteiger partial charge >= 0.3 is 0 Å². The number of nitrogens with one attached hydrogen (secondary N) is 1. The van der Waals surface area contributed by atoms with Crippen LogP contribution in [-0.4, -0.2) is 19.7 Å². The third-order valence-electron chi connectivity index (χ3n) is 2.95. The van der Waals surface area contributed by atoms with Crippen LogP contribution in [0.15, 0.2) is 46.9 Å². The molecule has 0 unspecified atom stereocenters. The summed E-state index contributed by atoms with van der Waals surface area (Å²) in [5, 5.41) is 4.72. The fourth-order valence-electron chi connectivity index (χ4n) is 1.84. The van der Waals surface area contributed by atoms with Gasteiger partial charge in [-0.15, -0.1) is 0 Å². The van der Waals surface area contributed by atoms with Gasteiger partial charge in [-0.05, 0) is 54.9 Å². The van der Waals surface area contributed by atoms with Crippen LogP contribution in [-0.2, 0) is 6.42 Å². The summed E-state index contributed by atoms with van der Waals surface area (Å²) in [6.07, 6.45) is 0.869. The zero-order valence-corrected chi connectivity index (χ0v) is 14.5. The number of halogens is 3. The molecule has 0 aromatic heterocycles. The standard InChI is InChI=1S/C16H16BrCl2NO/c17-13-2-5-15(6-3-13)21-10-9-20-8-7-12-1-4-14(18)11-16(12)19/h1-6,11,20H,7-10H2. The SMILES string of the molecule is Clc1ccc(CCNCCOc2ccc(Br)cc2)c(Cl)c1. The average molecular weight is 389 g/mol. The summed E-state index contributed by atoms with van der Waals surface area (Å²) >= 11 is 15.4. The molecule has 0 aliphatic heterocycles. The van der Waals surface area contributed by atoms with Gasteiger partial charge in [0.2, 0.25) is 0 Å². The molecular weight excluding hydrogens is 373 g/mol. The maximum Gasteiger partial charge on any atom is 0.119 e. The van der Waals surface area contributed by atoms with Crippen LogP contribution in [0.3, 0.4) is 0 Å². The summed E-state index contributed by atoms with van der Waals surface area (Å²) in [4.78, 5) is 0. The van der Waals surface area contributed by atoms with Gasteiger partial charge in [0.15, 0.2) is 0 Å². The maximum atomic E-state index is 6.12. The molecule has 0 spiro atoms. The Kier molecular flexibility index (Phi) is 6.84. The van der Waals surface area contributed by atoms with Crippen LogP contribution >= 0.6 is 39.1 Å². The van der Waals surface area contributed by atoms with Crippen molar-refractivity contribution in [2.45, 2.75) is 6.42 Å². The number of rotatable bonds is 7. The molecule has 0 amide bonds. The molecule has 5 heteroatoms. The van der Waals surface area contributed by atoms with E-state index in [1.165, 1.54) is 0 Å². The third kappa shape index (κ3) is 5.87. The Hall–Kier alpha value is -0.740. The van der Waals surface area contributed by atoms with E-state index < -0.39 is 0 Å². The fraction of sp³-hybridized carbons (Fsp3) is 0.250. The summed E-state index contributed by atoms with van der Waals surface area (Å²) in [7, 11) is 0. The second-order valence-corrected chi connectivity index (χ2v) is 6.30. The molecule has 2 aromatic carbocycles. The van der Waals surface area contributed by atoms with Gasteiger partial charge in [0, 0.05) is 21.1 Å². The molecule has 2 nitrogen and oxygen atoms in total. The Labute approximate surface area is 143 Å². The minimum Gasteiger partial charge on any atom is -0.492 e. The topological polar surface area (TPSA) is 21.3 Å². The van der Waals surface area contributed by atoms with Crippen molar-refractivity contribution in [3.05, 3.63) is 62.5 Å². The molecule has 2 aromatic rings. The van der Waals surface area contributed by atoms with E-state index >= 15 is 0 Å². The van der Waals surface area contributed by atoms with Crippen LogP contribution in [0.1, 0.15) is 5.56 Å². The van der Waals surface area contributed by atoms with Crippen LogP contribution in [0, 0.1) is 0 Å². The van der Waals surface area contributed by atoms with Gasteiger partial charge in [0.1, 0.15) is 12.4 Å². The molecule has 21 heavy (non-hydrogen) atoms. The Morgan fingerprint density at radius 2 is 1.76 bits per heavy atom. The second kappa shape index (κ2) is 8.64. The first-order chi connectivity index (χ1) is 10.1. The van der Waals surface area contributed by atoms with Gasteiger partial charge in [0.25, 0.3) is 0 Å². The summed E-state index contributed by atoms with van der Waals surface area (Å²) in [5.41, 5.74) is 1.10. The van der Waals surface area contributed by atoms with Gasteiger partial charge in [-0.2, -0.15) is 0 Å². The van der Waals surface area contributed by atoms with Gasteiger partial charge in [-0.1, -0.05) is 45.2 Å². The molecule has 0 radical (unpaired) electrons. The highest BCUT2D eigenvalue weighted by Crippen LogP contribution is 2.21. The summed E-state index contributed by atoms with van der Waals surface area (Å²) in [6.45, 7) is 2.28. The normalized spacial score (nSPS) is 10.6. The zero-order chi connectivity index (χ0) is 15.1. The van der Waals surface area contributed by atoms with E-state index in [9.17, 15) is 0 Å². The molecule has 0 aliphatic carbocycles. The first kappa shape index (κ1) is 16.6.